The number of ether oxygens (including phenoxy) is 1. The van der Waals surface area contributed by atoms with Gasteiger partial charge in [0.1, 0.15) is 0 Å². The number of hydrogen-bond acceptors (Lipinski definition) is 5. The number of carbonyl (C=O) groups excluding carboxylic acids is 1. The van der Waals surface area contributed by atoms with Gasteiger partial charge in [-0.25, -0.2) is 0 Å². The molecule has 3 rings (SSSR count). The molecule has 2 saturated heterocycles. The van der Waals surface area contributed by atoms with Crippen LogP contribution < -0.4 is 5.32 Å². The van der Waals surface area contributed by atoms with Gasteiger partial charge in [-0.1, -0.05) is 25.9 Å². The maximum absolute atomic E-state index is 12.7. The van der Waals surface area contributed by atoms with Crippen molar-refractivity contribution in [1.29, 1.82) is 0 Å². The number of rotatable bonds is 4. The van der Waals surface area contributed by atoms with Crippen LogP contribution >= 0.6 is 0 Å². The molecule has 2 fully saturated rings. The standard InChI is InChI=1S/C18H29N3O3/c1-18(2,3)15-11-16(24-20-15)19-17(22)14-5-4-8-21(14)12-13-6-9-23-10-7-13/h11,13-14H,4-10,12H2,1-3H3,(H,19,22)/t14-/m0/s1. The normalized spacial score (nSPS) is 23.5. The highest BCUT2D eigenvalue weighted by atomic mass is 16.5. The van der Waals surface area contributed by atoms with Crippen molar-refractivity contribution in [3.8, 4) is 0 Å². The first-order chi connectivity index (χ1) is 11.4. The van der Waals surface area contributed by atoms with E-state index in [0.717, 1.165) is 57.7 Å². The van der Waals surface area contributed by atoms with Crippen molar-refractivity contribution >= 4 is 11.8 Å². The van der Waals surface area contributed by atoms with E-state index >= 15 is 0 Å². The Labute approximate surface area is 143 Å². The number of nitrogens with one attached hydrogen (secondary N) is 1. The zero-order chi connectivity index (χ0) is 17.2. The van der Waals surface area contributed by atoms with E-state index in [-0.39, 0.29) is 17.4 Å². The third kappa shape index (κ3) is 4.16. The summed E-state index contributed by atoms with van der Waals surface area (Å²) < 4.78 is 10.7. The summed E-state index contributed by atoms with van der Waals surface area (Å²) in [5.41, 5.74) is 0.762. The molecule has 1 aromatic heterocycles. The Hall–Kier alpha value is -1.40. The van der Waals surface area contributed by atoms with E-state index in [9.17, 15) is 4.79 Å². The molecule has 3 heterocycles. The van der Waals surface area contributed by atoms with Crippen LogP contribution in [-0.4, -0.2) is 48.3 Å². The van der Waals surface area contributed by atoms with Gasteiger partial charge in [0, 0.05) is 31.2 Å². The van der Waals surface area contributed by atoms with Crippen molar-refractivity contribution in [1.82, 2.24) is 10.1 Å². The second kappa shape index (κ2) is 7.23. The number of likely N-dealkylation sites (tertiary alicyclic amines) is 1. The topological polar surface area (TPSA) is 67.6 Å². The van der Waals surface area contributed by atoms with Gasteiger partial charge in [-0.05, 0) is 38.1 Å². The quantitative estimate of drug-likeness (QED) is 0.916. The van der Waals surface area contributed by atoms with Gasteiger partial charge in [-0.3, -0.25) is 15.0 Å². The first-order valence-corrected chi connectivity index (χ1v) is 9.03. The monoisotopic (exact) mass is 335 g/mol. The lowest BCUT2D eigenvalue weighted by molar-refractivity contribution is -0.120. The van der Waals surface area contributed by atoms with Crippen molar-refractivity contribution in [2.75, 3.05) is 31.6 Å². The first-order valence-electron chi connectivity index (χ1n) is 9.03. The minimum absolute atomic E-state index is 0.0242. The lowest BCUT2D eigenvalue weighted by atomic mass is 9.92. The maximum Gasteiger partial charge on any atom is 0.244 e. The van der Waals surface area contributed by atoms with Crippen LogP contribution in [0.25, 0.3) is 0 Å². The summed E-state index contributed by atoms with van der Waals surface area (Å²) in [4.78, 5) is 15.0. The third-order valence-corrected chi connectivity index (χ3v) is 5.02. The molecule has 1 atom stereocenters. The Morgan fingerprint density at radius 2 is 2.08 bits per heavy atom. The minimum Gasteiger partial charge on any atom is -0.381 e. The summed E-state index contributed by atoms with van der Waals surface area (Å²) >= 11 is 0. The van der Waals surface area contributed by atoms with Crippen LogP contribution in [0, 0.1) is 5.92 Å². The molecule has 6 nitrogen and oxygen atoms in total. The molecule has 0 bridgehead atoms. The fourth-order valence-corrected chi connectivity index (χ4v) is 3.49. The van der Waals surface area contributed by atoms with Crippen LogP contribution in [0.4, 0.5) is 5.88 Å². The predicted molar refractivity (Wildman–Crippen MR) is 92.0 cm³/mol. The number of hydrogen-bond donors (Lipinski definition) is 1. The second-order valence-corrected chi connectivity index (χ2v) is 8.02. The van der Waals surface area contributed by atoms with Gasteiger partial charge in [0.25, 0.3) is 0 Å². The van der Waals surface area contributed by atoms with E-state index in [1.165, 1.54) is 0 Å². The van der Waals surface area contributed by atoms with E-state index in [4.69, 9.17) is 9.26 Å². The van der Waals surface area contributed by atoms with E-state index < -0.39 is 0 Å². The highest BCUT2D eigenvalue weighted by molar-refractivity contribution is 5.93. The highest BCUT2D eigenvalue weighted by Crippen LogP contribution is 2.26. The molecular weight excluding hydrogens is 306 g/mol. The van der Waals surface area contributed by atoms with Crippen molar-refractivity contribution < 1.29 is 14.1 Å². The molecule has 0 radical (unpaired) electrons. The summed E-state index contributed by atoms with van der Waals surface area (Å²) in [6.07, 6.45) is 4.18. The molecular formula is C18H29N3O3. The van der Waals surface area contributed by atoms with E-state index in [0.29, 0.717) is 11.8 Å². The molecule has 6 heteroatoms. The smallest absolute Gasteiger partial charge is 0.244 e. The largest absolute Gasteiger partial charge is 0.381 e. The first kappa shape index (κ1) is 17.4. The van der Waals surface area contributed by atoms with Crippen molar-refractivity contribution in [2.24, 2.45) is 5.92 Å². The fraction of sp³-hybridized carbons (Fsp3) is 0.778. The molecule has 1 amide bonds. The van der Waals surface area contributed by atoms with Gasteiger partial charge in [0.05, 0.1) is 11.7 Å². The highest BCUT2D eigenvalue weighted by Gasteiger charge is 2.33. The molecule has 0 saturated carbocycles. The Morgan fingerprint density at radius 1 is 1.33 bits per heavy atom. The van der Waals surface area contributed by atoms with Crippen LogP contribution in [0.5, 0.6) is 0 Å². The van der Waals surface area contributed by atoms with Crippen LogP contribution in [-0.2, 0) is 14.9 Å². The summed E-state index contributed by atoms with van der Waals surface area (Å²) in [5, 5.41) is 6.97. The zero-order valence-corrected chi connectivity index (χ0v) is 15.0. The number of carbonyl (C=O) groups is 1. The van der Waals surface area contributed by atoms with Gasteiger partial charge in [0.15, 0.2) is 0 Å². The van der Waals surface area contributed by atoms with Crippen molar-refractivity contribution in [3.05, 3.63) is 11.8 Å². The van der Waals surface area contributed by atoms with E-state index in [1.807, 2.05) is 6.07 Å². The summed E-state index contributed by atoms with van der Waals surface area (Å²) in [5.74, 6) is 1.11. The average Bonchev–Trinajstić information content (AvgIpc) is 3.17. The fourth-order valence-electron chi connectivity index (χ4n) is 3.49. The van der Waals surface area contributed by atoms with Gasteiger partial charge in [0.2, 0.25) is 11.8 Å². The Morgan fingerprint density at radius 3 is 2.75 bits per heavy atom. The maximum atomic E-state index is 12.7. The van der Waals surface area contributed by atoms with Crippen molar-refractivity contribution in [3.63, 3.8) is 0 Å². The van der Waals surface area contributed by atoms with Crippen LogP contribution in [0.3, 0.4) is 0 Å². The van der Waals surface area contributed by atoms with E-state index in [2.05, 4.69) is 36.1 Å². The molecule has 2 aliphatic rings. The molecule has 0 aromatic carbocycles. The predicted octanol–water partition coefficient (Wildman–Crippen LogP) is 2.80. The molecule has 0 unspecified atom stereocenters. The number of anilines is 1. The Kier molecular flexibility index (Phi) is 5.25. The van der Waals surface area contributed by atoms with Gasteiger partial charge in [-0.2, -0.15) is 0 Å². The SMILES string of the molecule is CC(C)(C)c1cc(NC(=O)[C@@H]2CCCN2CC2CCOCC2)on1. The molecule has 1 aromatic rings. The molecule has 1 N–H and O–H groups in total. The van der Waals surface area contributed by atoms with Crippen LogP contribution in [0.1, 0.15) is 52.1 Å². The minimum atomic E-state index is -0.0884. The van der Waals surface area contributed by atoms with Gasteiger partial charge in [-0.15, -0.1) is 0 Å². The van der Waals surface area contributed by atoms with Gasteiger partial charge < -0.3 is 9.26 Å². The lowest BCUT2D eigenvalue weighted by Crippen LogP contribution is -2.42. The van der Waals surface area contributed by atoms with Crippen molar-refractivity contribution in [2.45, 2.75) is 57.9 Å². The van der Waals surface area contributed by atoms with Crippen LogP contribution in [0.2, 0.25) is 0 Å². The Balaban J connectivity index is 1.58. The summed E-state index contributed by atoms with van der Waals surface area (Å²) in [6, 6.07) is 1.77. The molecule has 134 valence electrons. The van der Waals surface area contributed by atoms with Gasteiger partial charge >= 0.3 is 0 Å². The molecule has 0 aliphatic carbocycles. The number of aromatic nitrogens is 1. The molecule has 24 heavy (non-hydrogen) atoms. The second-order valence-electron chi connectivity index (χ2n) is 8.02. The summed E-state index contributed by atoms with van der Waals surface area (Å²) in [7, 11) is 0. The average molecular weight is 335 g/mol. The molecule has 2 aliphatic heterocycles. The number of amides is 1. The lowest BCUT2D eigenvalue weighted by Gasteiger charge is -2.30. The number of nitrogens with zero attached hydrogens (tertiary/aromatic N) is 2. The third-order valence-electron chi connectivity index (χ3n) is 5.02. The van der Waals surface area contributed by atoms with Crippen LogP contribution in [0.15, 0.2) is 10.6 Å². The summed E-state index contributed by atoms with van der Waals surface area (Å²) in [6.45, 7) is 9.91. The Bertz CT molecular complexity index is 558. The zero-order valence-electron chi connectivity index (χ0n) is 15.0. The molecule has 0 spiro atoms. The van der Waals surface area contributed by atoms with E-state index in [1.54, 1.807) is 0 Å².